The van der Waals surface area contributed by atoms with Crippen LogP contribution in [0, 0.1) is 6.92 Å². The molecule has 0 fully saturated rings. The van der Waals surface area contributed by atoms with Crippen LogP contribution in [-0.4, -0.2) is 27.0 Å². The van der Waals surface area contributed by atoms with Gasteiger partial charge in [0.25, 0.3) is 5.91 Å². The number of carbonyl (C=O) groups excluding carboxylic acids is 1. The van der Waals surface area contributed by atoms with Gasteiger partial charge in [-0.25, -0.2) is 9.78 Å². The molecule has 0 saturated heterocycles. The number of halogens is 1. The van der Waals surface area contributed by atoms with Crippen molar-refractivity contribution in [3.05, 3.63) is 51.8 Å². The van der Waals surface area contributed by atoms with Crippen molar-refractivity contribution >= 4 is 54.5 Å². The number of nitrogens with one attached hydrogen (secondary N) is 1. The molecular formula is C15H10BrN3O3S. The van der Waals surface area contributed by atoms with Crippen molar-refractivity contribution in [3.63, 3.8) is 0 Å². The van der Waals surface area contributed by atoms with E-state index in [1.807, 2.05) is 0 Å². The van der Waals surface area contributed by atoms with Crippen molar-refractivity contribution < 1.29 is 14.7 Å². The first-order valence-corrected chi connectivity index (χ1v) is 8.12. The van der Waals surface area contributed by atoms with Gasteiger partial charge in [-0.15, -0.1) is 0 Å². The Morgan fingerprint density at radius 1 is 1.30 bits per heavy atom. The predicted molar refractivity (Wildman–Crippen MR) is 91.2 cm³/mol. The molecule has 0 atom stereocenters. The van der Waals surface area contributed by atoms with E-state index in [4.69, 9.17) is 5.11 Å². The van der Waals surface area contributed by atoms with Crippen molar-refractivity contribution in [2.75, 3.05) is 5.32 Å². The van der Waals surface area contributed by atoms with Crippen LogP contribution in [0.5, 0.6) is 0 Å². The number of hydrogen-bond donors (Lipinski definition) is 2. The van der Waals surface area contributed by atoms with E-state index < -0.39 is 5.97 Å². The minimum atomic E-state index is -0.998. The van der Waals surface area contributed by atoms with E-state index >= 15 is 0 Å². The summed E-state index contributed by atoms with van der Waals surface area (Å²) < 4.78 is 1.41. The molecule has 3 aromatic rings. The van der Waals surface area contributed by atoms with E-state index in [1.54, 1.807) is 25.3 Å². The summed E-state index contributed by atoms with van der Waals surface area (Å²) in [6, 6.07) is 6.33. The number of carboxylic acids is 1. The lowest BCUT2D eigenvalue weighted by Crippen LogP contribution is -2.13. The summed E-state index contributed by atoms with van der Waals surface area (Å²) in [6.07, 6.45) is 1.62. The van der Waals surface area contributed by atoms with Gasteiger partial charge in [-0.3, -0.25) is 15.1 Å². The number of carboxylic acid groups (broad SMARTS) is 1. The van der Waals surface area contributed by atoms with Crippen LogP contribution >= 0.6 is 27.3 Å². The smallest absolute Gasteiger partial charge is 0.335 e. The molecule has 2 N–H and O–H groups in total. The van der Waals surface area contributed by atoms with Gasteiger partial charge in [0, 0.05) is 10.7 Å². The highest BCUT2D eigenvalue weighted by atomic mass is 79.9. The maximum absolute atomic E-state index is 12.3. The number of aromatic nitrogens is 2. The fourth-order valence-electron chi connectivity index (χ4n) is 2.01. The minimum absolute atomic E-state index is 0.186. The van der Waals surface area contributed by atoms with Gasteiger partial charge in [-0.1, -0.05) is 11.3 Å². The first-order valence-electron chi connectivity index (χ1n) is 6.51. The van der Waals surface area contributed by atoms with Crippen molar-refractivity contribution in [1.82, 2.24) is 9.97 Å². The zero-order valence-corrected chi connectivity index (χ0v) is 14.2. The Morgan fingerprint density at radius 3 is 2.83 bits per heavy atom. The Morgan fingerprint density at radius 2 is 2.09 bits per heavy atom. The lowest BCUT2D eigenvalue weighted by molar-refractivity contribution is 0.0697. The second-order valence-electron chi connectivity index (χ2n) is 4.75. The average molecular weight is 392 g/mol. The third kappa shape index (κ3) is 3.22. The van der Waals surface area contributed by atoms with Crippen LogP contribution in [0.15, 0.2) is 34.9 Å². The second-order valence-corrected chi connectivity index (χ2v) is 6.69. The van der Waals surface area contributed by atoms with Crippen molar-refractivity contribution in [2.24, 2.45) is 0 Å². The number of thiazole rings is 1. The van der Waals surface area contributed by atoms with Crippen molar-refractivity contribution in [1.29, 1.82) is 0 Å². The second kappa shape index (κ2) is 6.05. The Hall–Kier alpha value is -2.32. The highest BCUT2D eigenvalue weighted by Crippen LogP contribution is 2.27. The Labute approximate surface area is 143 Å². The molecule has 1 aromatic carbocycles. The summed E-state index contributed by atoms with van der Waals surface area (Å²) in [5.74, 6) is -1.31. The molecule has 1 amide bonds. The topological polar surface area (TPSA) is 92.2 Å². The third-order valence-corrected chi connectivity index (χ3v) is 4.52. The highest BCUT2D eigenvalue weighted by Gasteiger charge is 2.14. The summed E-state index contributed by atoms with van der Waals surface area (Å²) >= 11 is 4.51. The largest absolute Gasteiger partial charge is 0.478 e. The normalized spacial score (nSPS) is 10.7. The molecule has 0 aliphatic rings. The monoisotopic (exact) mass is 391 g/mol. The molecule has 0 aliphatic carbocycles. The number of aromatic carboxylic acids is 1. The molecule has 2 aromatic heterocycles. The van der Waals surface area contributed by atoms with Crippen LogP contribution in [0.2, 0.25) is 0 Å². The summed E-state index contributed by atoms with van der Waals surface area (Å²) in [6.45, 7) is 1.75. The third-order valence-electron chi connectivity index (χ3n) is 3.15. The van der Waals surface area contributed by atoms with E-state index in [2.05, 4.69) is 31.2 Å². The summed E-state index contributed by atoms with van der Waals surface area (Å²) in [7, 11) is 0. The van der Waals surface area contributed by atoms with Crippen LogP contribution < -0.4 is 5.32 Å². The maximum Gasteiger partial charge on any atom is 0.335 e. The molecule has 116 valence electrons. The molecule has 23 heavy (non-hydrogen) atoms. The van der Waals surface area contributed by atoms with Crippen LogP contribution in [0.4, 0.5) is 5.13 Å². The lowest BCUT2D eigenvalue weighted by Gasteiger charge is -2.04. The van der Waals surface area contributed by atoms with E-state index in [9.17, 15) is 9.59 Å². The number of benzene rings is 1. The number of rotatable bonds is 3. The van der Waals surface area contributed by atoms with Crippen LogP contribution in [0.3, 0.4) is 0 Å². The number of amides is 1. The molecule has 0 unspecified atom stereocenters. The summed E-state index contributed by atoms with van der Waals surface area (Å²) in [4.78, 5) is 31.7. The zero-order valence-electron chi connectivity index (χ0n) is 11.8. The molecule has 0 bridgehead atoms. The van der Waals surface area contributed by atoms with Crippen LogP contribution in [0.1, 0.15) is 26.4 Å². The van der Waals surface area contributed by atoms with Gasteiger partial charge in [0.05, 0.1) is 27.0 Å². The number of fused-ring (bicyclic) bond motifs is 1. The molecule has 0 spiro atoms. The highest BCUT2D eigenvalue weighted by molar-refractivity contribution is 9.10. The quantitative estimate of drug-likeness (QED) is 0.709. The van der Waals surface area contributed by atoms with Crippen LogP contribution in [0.25, 0.3) is 10.2 Å². The molecular weight excluding hydrogens is 382 g/mol. The number of anilines is 1. The average Bonchev–Trinajstić information content (AvgIpc) is 2.90. The molecule has 0 radical (unpaired) electrons. The standard InChI is InChI=1S/C15H10BrN3O3S/c1-7-10(5-9(16)6-17-7)13(20)19-15-18-11-3-2-8(14(21)22)4-12(11)23-15/h2-6H,1H3,(H,21,22)(H,18,19,20). The van der Waals surface area contributed by atoms with Gasteiger partial charge in [-0.2, -0.15) is 0 Å². The Bertz CT molecular complexity index is 939. The first-order chi connectivity index (χ1) is 10.9. The molecule has 0 saturated carbocycles. The van der Waals surface area contributed by atoms with Gasteiger partial charge in [-0.05, 0) is 47.1 Å². The summed E-state index contributed by atoms with van der Waals surface area (Å²) in [5, 5.41) is 12.1. The number of nitrogens with zero attached hydrogens (tertiary/aromatic N) is 2. The Kier molecular flexibility index (Phi) is 4.10. The van der Waals surface area contributed by atoms with E-state index in [0.29, 0.717) is 31.1 Å². The maximum atomic E-state index is 12.3. The van der Waals surface area contributed by atoms with Gasteiger partial charge in [0.1, 0.15) is 0 Å². The number of aryl methyl sites for hydroxylation is 1. The zero-order chi connectivity index (χ0) is 16.6. The van der Waals surface area contributed by atoms with E-state index in [-0.39, 0.29) is 11.5 Å². The number of pyridine rings is 1. The fourth-order valence-corrected chi connectivity index (χ4v) is 3.24. The number of carbonyl (C=O) groups is 2. The summed E-state index contributed by atoms with van der Waals surface area (Å²) in [5.41, 5.74) is 1.88. The molecule has 3 rings (SSSR count). The Balaban J connectivity index is 1.90. The van der Waals surface area contributed by atoms with Crippen molar-refractivity contribution in [3.8, 4) is 0 Å². The number of hydrogen-bond acceptors (Lipinski definition) is 5. The molecule has 0 aliphatic heterocycles. The van der Waals surface area contributed by atoms with Gasteiger partial charge < -0.3 is 5.11 Å². The predicted octanol–water partition coefficient (Wildman–Crippen LogP) is 3.71. The molecule has 2 heterocycles. The van der Waals surface area contributed by atoms with E-state index in [0.717, 1.165) is 0 Å². The minimum Gasteiger partial charge on any atom is -0.478 e. The van der Waals surface area contributed by atoms with Gasteiger partial charge in [0.2, 0.25) is 0 Å². The fraction of sp³-hybridized carbons (Fsp3) is 0.0667. The molecule has 8 heteroatoms. The van der Waals surface area contributed by atoms with Crippen molar-refractivity contribution in [2.45, 2.75) is 6.92 Å². The van der Waals surface area contributed by atoms with E-state index in [1.165, 1.54) is 23.5 Å². The van der Waals surface area contributed by atoms with Gasteiger partial charge >= 0.3 is 5.97 Å². The van der Waals surface area contributed by atoms with Gasteiger partial charge in [0.15, 0.2) is 5.13 Å². The first kappa shape index (κ1) is 15.6. The lowest BCUT2D eigenvalue weighted by atomic mass is 10.2. The SMILES string of the molecule is Cc1ncc(Br)cc1C(=O)Nc1nc2ccc(C(=O)O)cc2s1. The van der Waals surface area contributed by atoms with Crippen LogP contribution in [-0.2, 0) is 0 Å². The molecule has 6 nitrogen and oxygen atoms in total.